The van der Waals surface area contributed by atoms with Crippen molar-refractivity contribution in [3.05, 3.63) is 24.3 Å². The summed E-state index contributed by atoms with van der Waals surface area (Å²) in [5.41, 5.74) is 1.37. The number of carbonyl (C=O) groups is 2. The lowest BCUT2D eigenvalue weighted by Crippen LogP contribution is -2.36. The first-order chi connectivity index (χ1) is 10.2. The molecule has 1 aliphatic rings. The molecular weight excluding hydrogens is 279 g/mol. The van der Waals surface area contributed by atoms with Crippen LogP contribution in [0.3, 0.4) is 0 Å². The third kappa shape index (κ3) is 4.51. The number of hydrogen-bond acceptors (Lipinski definition) is 3. The molecule has 0 aliphatic carbocycles. The second kappa shape index (κ2) is 6.42. The first kappa shape index (κ1) is 16.4. The number of hydrogen-bond donors (Lipinski definition) is 1. The normalized spacial score (nSPS) is 18.1. The quantitative estimate of drug-likeness (QED) is 0.834. The molecule has 22 heavy (non-hydrogen) atoms. The van der Waals surface area contributed by atoms with Crippen molar-refractivity contribution >= 4 is 31.0 Å². The number of nitrogens with one attached hydrogen (secondary N) is 1. The van der Waals surface area contributed by atoms with Gasteiger partial charge in [-0.05, 0) is 39.3 Å². The Bertz CT molecular complexity index is 569. The molecule has 1 saturated heterocycles. The van der Waals surface area contributed by atoms with E-state index < -0.39 is 5.60 Å². The molecule has 0 saturated carbocycles. The molecule has 0 radical (unpaired) electrons. The number of rotatable bonds is 2. The van der Waals surface area contributed by atoms with Crippen LogP contribution < -0.4 is 10.8 Å². The van der Waals surface area contributed by atoms with Gasteiger partial charge in [0.05, 0.1) is 5.92 Å². The van der Waals surface area contributed by atoms with E-state index >= 15 is 0 Å². The van der Waals surface area contributed by atoms with Crippen molar-refractivity contribution in [2.24, 2.45) is 5.92 Å². The predicted molar refractivity (Wildman–Crippen MR) is 89.2 cm³/mol. The maximum atomic E-state index is 12.3. The molecule has 1 N–H and O–H groups in total. The number of likely N-dealkylation sites (tertiary alicyclic amines) is 1. The van der Waals surface area contributed by atoms with E-state index in [1.165, 1.54) is 0 Å². The minimum atomic E-state index is -0.515. The van der Waals surface area contributed by atoms with E-state index in [1.54, 1.807) is 4.90 Å². The molecule has 6 heteroatoms. The van der Waals surface area contributed by atoms with Crippen molar-refractivity contribution in [1.29, 1.82) is 0 Å². The Labute approximate surface area is 132 Å². The average Bonchev–Trinajstić information content (AvgIpc) is 2.86. The first-order valence-electron chi connectivity index (χ1n) is 7.60. The number of ether oxygens (including phenoxy) is 1. The smallest absolute Gasteiger partial charge is 0.410 e. The molecule has 0 aromatic heterocycles. The maximum Gasteiger partial charge on any atom is 0.410 e. The van der Waals surface area contributed by atoms with Crippen molar-refractivity contribution in [1.82, 2.24) is 4.90 Å². The van der Waals surface area contributed by atoms with Gasteiger partial charge in [-0.1, -0.05) is 17.6 Å². The van der Waals surface area contributed by atoms with E-state index in [0.29, 0.717) is 19.5 Å². The number of amides is 2. The van der Waals surface area contributed by atoms with Crippen LogP contribution in [0.4, 0.5) is 10.5 Å². The lowest BCUT2D eigenvalue weighted by atomic mass is 9.96. The Morgan fingerprint density at radius 3 is 2.73 bits per heavy atom. The molecule has 118 valence electrons. The fourth-order valence-electron chi connectivity index (χ4n) is 2.43. The molecule has 2 rings (SSSR count). The van der Waals surface area contributed by atoms with E-state index in [1.807, 2.05) is 52.9 Å². The van der Waals surface area contributed by atoms with Gasteiger partial charge in [0.1, 0.15) is 13.4 Å². The Morgan fingerprint density at radius 1 is 1.36 bits per heavy atom. The van der Waals surface area contributed by atoms with E-state index in [9.17, 15) is 9.59 Å². The standard InChI is InChI=1S/C16H23BN2O3/c1-16(2,3)22-15(21)19-8-7-11(10-19)14(20)18-13-6-4-5-12(17)9-13/h4-6,9,11H,7-8,10,17H2,1-3H3,(H,18,20). The van der Waals surface area contributed by atoms with E-state index in [0.717, 1.165) is 11.2 Å². The van der Waals surface area contributed by atoms with Crippen molar-refractivity contribution in [3.63, 3.8) is 0 Å². The SMILES string of the molecule is Bc1cccc(NC(=O)C2CCN(C(=O)OC(C)(C)C)C2)c1. The van der Waals surface area contributed by atoms with Gasteiger partial charge in [0.25, 0.3) is 0 Å². The van der Waals surface area contributed by atoms with Crippen molar-refractivity contribution in [2.75, 3.05) is 18.4 Å². The Kier molecular flexibility index (Phi) is 4.79. The lowest BCUT2D eigenvalue weighted by molar-refractivity contribution is -0.119. The van der Waals surface area contributed by atoms with Gasteiger partial charge in [-0.15, -0.1) is 0 Å². The highest BCUT2D eigenvalue weighted by atomic mass is 16.6. The summed E-state index contributed by atoms with van der Waals surface area (Å²) < 4.78 is 5.34. The minimum Gasteiger partial charge on any atom is -0.444 e. The summed E-state index contributed by atoms with van der Waals surface area (Å²) in [5, 5.41) is 2.91. The molecule has 1 atom stereocenters. The Balaban J connectivity index is 1.90. The first-order valence-corrected chi connectivity index (χ1v) is 7.60. The third-order valence-electron chi connectivity index (χ3n) is 3.50. The third-order valence-corrected chi connectivity index (χ3v) is 3.50. The van der Waals surface area contributed by atoms with Crippen LogP contribution in [0.2, 0.25) is 0 Å². The summed E-state index contributed by atoms with van der Waals surface area (Å²) in [4.78, 5) is 25.9. The zero-order valence-corrected chi connectivity index (χ0v) is 13.7. The van der Waals surface area contributed by atoms with Crippen LogP contribution in [0, 0.1) is 5.92 Å². The Hall–Kier alpha value is -1.98. The molecule has 2 amide bonds. The van der Waals surface area contributed by atoms with Gasteiger partial charge in [0.15, 0.2) is 0 Å². The molecular formula is C16H23BN2O3. The van der Waals surface area contributed by atoms with Crippen LogP contribution in [-0.2, 0) is 9.53 Å². The fraction of sp³-hybridized carbons (Fsp3) is 0.500. The monoisotopic (exact) mass is 302 g/mol. The fourth-order valence-corrected chi connectivity index (χ4v) is 2.43. The van der Waals surface area contributed by atoms with E-state index in [-0.39, 0.29) is 17.9 Å². The largest absolute Gasteiger partial charge is 0.444 e. The number of anilines is 1. The van der Waals surface area contributed by atoms with Crippen molar-refractivity contribution in [3.8, 4) is 0 Å². The van der Waals surface area contributed by atoms with Gasteiger partial charge in [0, 0.05) is 18.8 Å². The van der Waals surface area contributed by atoms with Crippen molar-refractivity contribution < 1.29 is 14.3 Å². The summed E-state index contributed by atoms with van der Waals surface area (Å²) in [6.07, 6.45) is 0.315. The highest BCUT2D eigenvalue weighted by Crippen LogP contribution is 2.21. The average molecular weight is 302 g/mol. The zero-order valence-electron chi connectivity index (χ0n) is 13.7. The zero-order chi connectivity index (χ0) is 16.3. The van der Waals surface area contributed by atoms with Crippen molar-refractivity contribution in [2.45, 2.75) is 32.8 Å². The summed E-state index contributed by atoms with van der Waals surface area (Å²) in [5.74, 6) is -0.232. The van der Waals surface area contributed by atoms with Gasteiger partial charge in [-0.2, -0.15) is 0 Å². The number of nitrogens with zero attached hydrogens (tertiary/aromatic N) is 1. The topological polar surface area (TPSA) is 58.6 Å². The molecule has 5 nitrogen and oxygen atoms in total. The number of benzene rings is 1. The summed E-state index contributed by atoms with van der Waals surface area (Å²) in [6, 6.07) is 7.69. The second-order valence-electron chi connectivity index (χ2n) is 6.77. The maximum absolute atomic E-state index is 12.3. The Morgan fingerprint density at radius 2 is 2.09 bits per heavy atom. The highest BCUT2D eigenvalue weighted by Gasteiger charge is 2.33. The van der Waals surface area contributed by atoms with Gasteiger partial charge in [-0.3, -0.25) is 4.79 Å². The van der Waals surface area contributed by atoms with E-state index in [2.05, 4.69) is 5.32 Å². The van der Waals surface area contributed by atoms with Crippen LogP contribution in [0.25, 0.3) is 0 Å². The van der Waals surface area contributed by atoms with E-state index in [4.69, 9.17) is 4.74 Å². The highest BCUT2D eigenvalue weighted by molar-refractivity contribution is 6.32. The molecule has 1 aromatic rings. The van der Waals surface area contributed by atoms with Crippen LogP contribution in [0.1, 0.15) is 27.2 Å². The molecule has 1 heterocycles. The van der Waals surface area contributed by atoms with Crippen LogP contribution in [0.15, 0.2) is 24.3 Å². The molecule has 1 aromatic carbocycles. The van der Waals surface area contributed by atoms with Gasteiger partial charge < -0.3 is 15.0 Å². The molecule has 0 bridgehead atoms. The predicted octanol–water partition coefficient (Wildman–Crippen LogP) is 1.14. The summed E-state index contributed by atoms with van der Waals surface area (Å²) in [6.45, 7) is 6.47. The van der Waals surface area contributed by atoms with Gasteiger partial charge >= 0.3 is 6.09 Å². The molecule has 0 spiro atoms. The molecule has 1 unspecified atom stereocenters. The van der Waals surface area contributed by atoms with Crippen LogP contribution in [0.5, 0.6) is 0 Å². The molecule has 1 fully saturated rings. The van der Waals surface area contributed by atoms with Gasteiger partial charge in [-0.25, -0.2) is 4.79 Å². The lowest BCUT2D eigenvalue weighted by Gasteiger charge is -2.24. The minimum absolute atomic E-state index is 0.0448. The van der Waals surface area contributed by atoms with Crippen LogP contribution in [-0.4, -0.2) is 43.4 Å². The summed E-state index contributed by atoms with van der Waals surface area (Å²) >= 11 is 0. The number of carbonyl (C=O) groups excluding carboxylic acids is 2. The summed E-state index contributed by atoms with van der Waals surface area (Å²) in [7, 11) is 1.98. The second-order valence-corrected chi connectivity index (χ2v) is 6.77. The van der Waals surface area contributed by atoms with Crippen LogP contribution >= 0.6 is 0 Å². The molecule has 1 aliphatic heterocycles. The van der Waals surface area contributed by atoms with Gasteiger partial charge in [0.2, 0.25) is 5.91 Å².